The number of aromatic nitrogens is 4. The molecule has 2 aliphatic heterocycles. The molecule has 2 aromatic heterocycles. The largest absolute Gasteiger partial charge is 0.471 e. The number of ether oxygens (including phenoxy) is 1. The van der Waals surface area contributed by atoms with E-state index < -0.39 is 73.0 Å². The Morgan fingerprint density at radius 2 is 2.12 bits per heavy atom. The molecule has 2 bridgehead atoms. The van der Waals surface area contributed by atoms with E-state index in [1.54, 1.807) is 13.8 Å². The smallest absolute Gasteiger partial charge is 0.393 e. The Labute approximate surface area is 183 Å². The highest BCUT2D eigenvalue weighted by atomic mass is 19.4. The number of aromatic amines is 1. The lowest BCUT2D eigenvalue weighted by Crippen LogP contribution is -2.61. The maximum absolute atomic E-state index is 13.0. The van der Waals surface area contributed by atoms with Crippen LogP contribution in [0.2, 0.25) is 0 Å². The standard InChI is InChI=1S/C18H21F3N6O6/c1-7(2)12(30)24-16-23-11-9(13(31)25-16)22-6-27(11)14-8-3-26(15(32)18(19,20)21)4-17(5-28,33-14)10(8)29/h6-8,10,14,28-29H,3-5H2,1-2H3,(H2,23,24,25,30,31)/t8-,10+,14-,17-/m1/s1. The van der Waals surface area contributed by atoms with Gasteiger partial charge in [-0.1, -0.05) is 13.8 Å². The van der Waals surface area contributed by atoms with Gasteiger partial charge >= 0.3 is 12.1 Å². The molecule has 180 valence electrons. The summed E-state index contributed by atoms with van der Waals surface area (Å²) in [5.74, 6) is -4.23. The van der Waals surface area contributed by atoms with Crippen molar-refractivity contribution in [3.8, 4) is 0 Å². The zero-order valence-electron chi connectivity index (χ0n) is 17.5. The minimum absolute atomic E-state index is 0.0654. The average Bonchev–Trinajstić information content (AvgIpc) is 3.20. The number of nitrogens with zero attached hydrogens (tertiary/aromatic N) is 4. The number of hydrogen-bond acceptors (Lipinski definition) is 8. The molecule has 4 rings (SSSR count). The summed E-state index contributed by atoms with van der Waals surface area (Å²) < 4.78 is 46.0. The second-order valence-electron chi connectivity index (χ2n) is 8.41. The van der Waals surface area contributed by atoms with Gasteiger partial charge < -0.3 is 19.8 Å². The van der Waals surface area contributed by atoms with Crippen molar-refractivity contribution >= 4 is 28.9 Å². The number of aliphatic hydroxyl groups is 2. The first-order valence-corrected chi connectivity index (χ1v) is 9.98. The van der Waals surface area contributed by atoms with Crippen LogP contribution in [-0.2, 0) is 14.3 Å². The summed E-state index contributed by atoms with van der Waals surface area (Å²) in [6.45, 7) is 1.19. The molecule has 0 aliphatic carbocycles. The van der Waals surface area contributed by atoms with Crippen LogP contribution in [0.4, 0.5) is 19.1 Å². The summed E-state index contributed by atoms with van der Waals surface area (Å²) in [5, 5.41) is 23.0. The van der Waals surface area contributed by atoms with Crippen molar-refractivity contribution in [3.05, 3.63) is 16.7 Å². The van der Waals surface area contributed by atoms with E-state index in [0.29, 0.717) is 4.90 Å². The molecular weight excluding hydrogens is 453 g/mol. The molecule has 2 aromatic rings. The summed E-state index contributed by atoms with van der Waals surface area (Å²) >= 11 is 0. The number of hydrogen-bond donors (Lipinski definition) is 4. The van der Waals surface area contributed by atoms with Gasteiger partial charge in [0.1, 0.15) is 11.8 Å². The van der Waals surface area contributed by atoms with Crippen molar-refractivity contribution in [2.75, 3.05) is 25.0 Å². The van der Waals surface area contributed by atoms with Crippen molar-refractivity contribution in [2.45, 2.75) is 38.0 Å². The van der Waals surface area contributed by atoms with Crippen LogP contribution in [0.15, 0.2) is 11.1 Å². The van der Waals surface area contributed by atoms with E-state index in [4.69, 9.17) is 4.74 Å². The number of amides is 2. The van der Waals surface area contributed by atoms with Gasteiger partial charge in [-0.15, -0.1) is 0 Å². The van der Waals surface area contributed by atoms with E-state index in [0.717, 1.165) is 6.33 Å². The van der Waals surface area contributed by atoms with Crippen LogP contribution in [0.25, 0.3) is 11.2 Å². The molecule has 12 nitrogen and oxygen atoms in total. The molecule has 2 fully saturated rings. The lowest BCUT2D eigenvalue weighted by Gasteiger charge is -2.40. The Bertz CT molecular complexity index is 1160. The molecule has 33 heavy (non-hydrogen) atoms. The van der Waals surface area contributed by atoms with E-state index in [1.807, 2.05) is 0 Å². The molecule has 2 aliphatic rings. The molecule has 4 atom stereocenters. The third-order valence-corrected chi connectivity index (χ3v) is 5.83. The third-order valence-electron chi connectivity index (χ3n) is 5.83. The normalized spacial score (nSPS) is 27.4. The molecule has 4 heterocycles. The van der Waals surface area contributed by atoms with Crippen LogP contribution in [0.3, 0.4) is 0 Å². The average molecular weight is 474 g/mol. The van der Waals surface area contributed by atoms with E-state index in [-0.39, 0.29) is 17.1 Å². The number of alkyl halides is 3. The fourth-order valence-electron chi connectivity index (χ4n) is 4.12. The maximum atomic E-state index is 13.0. The first-order chi connectivity index (χ1) is 15.4. The zero-order valence-corrected chi connectivity index (χ0v) is 17.5. The van der Waals surface area contributed by atoms with Gasteiger partial charge in [0.2, 0.25) is 11.9 Å². The van der Waals surface area contributed by atoms with Crippen molar-refractivity contribution in [2.24, 2.45) is 11.8 Å². The molecule has 15 heteroatoms. The molecule has 2 amide bonds. The lowest BCUT2D eigenvalue weighted by molar-refractivity contribution is -0.195. The molecule has 0 spiro atoms. The third kappa shape index (κ3) is 3.75. The highest BCUT2D eigenvalue weighted by Gasteiger charge is 2.62. The van der Waals surface area contributed by atoms with Gasteiger partial charge in [0, 0.05) is 12.5 Å². The van der Waals surface area contributed by atoms with Gasteiger partial charge in [-0.3, -0.25) is 29.3 Å². The fourth-order valence-corrected chi connectivity index (χ4v) is 4.12. The van der Waals surface area contributed by atoms with Crippen molar-refractivity contribution < 1.29 is 37.7 Å². The van der Waals surface area contributed by atoms with Gasteiger partial charge in [0.05, 0.1) is 31.5 Å². The van der Waals surface area contributed by atoms with Gasteiger partial charge in [-0.05, 0) is 0 Å². The Balaban J connectivity index is 1.74. The molecule has 0 aromatic carbocycles. The number of imidazole rings is 1. The van der Waals surface area contributed by atoms with Crippen molar-refractivity contribution in [3.63, 3.8) is 0 Å². The first-order valence-electron chi connectivity index (χ1n) is 9.98. The summed E-state index contributed by atoms with van der Waals surface area (Å²) in [6.07, 6.45) is -6.61. The number of likely N-dealkylation sites (tertiary alicyclic amines) is 1. The van der Waals surface area contributed by atoms with Crippen LogP contribution in [-0.4, -0.2) is 84.0 Å². The number of aliphatic hydroxyl groups excluding tert-OH is 2. The van der Waals surface area contributed by atoms with Crippen molar-refractivity contribution in [1.82, 2.24) is 24.4 Å². The summed E-state index contributed by atoms with van der Waals surface area (Å²) in [6, 6.07) is 0. The van der Waals surface area contributed by atoms with E-state index in [2.05, 4.69) is 20.3 Å². The van der Waals surface area contributed by atoms with Crippen molar-refractivity contribution in [1.29, 1.82) is 0 Å². The molecule has 0 unspecified atom stereocenters. The lowest BCUT2D eigenvalue weighted by atomic mass is 9.85. The summed E-state index contributed by atoms with van der Waals surface area (Å²) in [4.78, 5) is 47.2. The zero-order chi connectivity index (χ0) is 24.3. The quantitative estimate of drug-likeness (QED) is 0.455. The Kier molecular flexibility index (Phi) is 5.45. The number of nitrogens with one attached hydrogen (secondary N) is 2. The van der Waals surface area contributed by atoms with E-state index >= 15 is 0 Å². The summed E-state index contributed by atoms with van der Waals surface area (Å²) in [5.41, 5.74) is -2.77. The Morgan fingerprint density at radius 3 is 2.73 bits per heavy atom. The van der Waals surface area contributed by atoms with Crippen LogP contribution < -0.4 is 10.9 Å². The number of H-pyrrole nitrogens is 1. The molecule has 4 N–H and O–H groups in total. The SMILES string of the molecule is CC(C)C(=O)Nc1nc2c(ncn2[C@@H]2O[C@@]3(CO)CN(C(=O)C(F)(F)F)C[C@@H]2[C@@H]3O)c(=O)[nH]1. The highest BCUT2D eigenvalue weighted by Crippen LogP contribution is 2.46. The Hall–Kier alpha value is -3.04. The number of carbonyl (C=O) groups is 2. The van der Waals surface area contributed by atoms with Gasteiger partial charge in [-0.2, -0.15) is 18.2 Å². The highest BCUT2D eigenvalue weighted by molar-refractivity contribution is 5.91. The molecular formula is C18H21F3N6O6. The van der Waals surface area contributed by atoms with E-state index in [1.165, 1.54) is 4.57 Å². The van der Waals surface area contributed by atoms with Crippen LogP contribution in [0.5, 0.6) is 0 Å². The Morgan fingerprint density at radius 1 is 1.42 bits per heavy atom. The van der Waals surface area contributed by atoms with Crippen LogP contribution >= 0.6 is 0 Å². The molecule has 2 saturated heterocycles. The number of anilines is 1. The fraction of sp³-hybridized carbons (Fsp3) is 0.611. The van der Waals surface area contributed by atoms with Gasteiger partial charge in [0.25, 0.3) is 5.56 Å². The maximum Gasteiger partial charge on any atom is 0.471 e. The minimum Gasteiger partial charge on any atom is -0.393 e. The number of halogens is 3. The number of fused-ring (bicyclic) bond motifs is 3. The number of piperidine rings is 1. The number of rotatable bonds is 4. The van der Waals surface area contributed by atoms with Crippen LogP contribution in [0.1, 0.15) is 20.1 Å². The second-order valence-corrected chi connectivity index (χ2v) is 8.41. The van der Waals surface area contributed by atoms with Crippen LogP contribution in [0, 0.1) is 11.8 Å². The van der Waals surface area contributed by atoms with Gasteiger partial charge in [-0.25, -0.2) is 4.98 Å². The van der Waals surface area contributed by atoms with Gasteiger partial charge in [0.15, 0.2) is 11.2 Å². The predicted octanol–water partition coefficient (Wildman–Crippen LogP) is -0.644. The summed E-state index contributed by atoms with van der Waals surface area (Å²) in [7, 11) is 0. The molecule has 0 saturated carbocycles. The topological polar surface area (TPSA) is 163 Å². The van der Waals surface area contributed by atoms with E-state index in [9.17, 15) is 37.8 Å². The predicted molar refractivity (Wildman–Crippen MR) is 104 cm³/mol. The molecule has 0 radical (unpaired) electrons. The number of carbonyl (C=O) groups excluding carboxylic acids is 2. The first kappa shape index (κ1) is 23.1. The minimum atomic E-state index is -5.14. The monoisotopic (exact) mass is 474 g/mol. The second kappa shape index (κ2) is 7.78.